The molecule has 3 aromatic rings. The van der Waals surface area contributed by atoms with Crippen LogP contribution in [-0.2, 0) is 6.61 Å². The van der Waals surface area contributed by atoms with Gasteiger partial charge in [0.25, 0.3) is 5.91 Å². The molecule has 134 valence electrons. The number of carbonyl (C=O) groups excluding carboxylic acids is 1. The van der Waals surface area contributed by atoms with Crippen molar-refractivity contribution in [3.8, 4) is 5.75 Å². The van der Waals surface area contributed by atoms with E-state index in [1.807, 2.05) is 24.4 Å². The van der Waals surface area contributed by atoms with Gasteiger partial charge in [-0.1, -0.05) is 11.6 Å². The van der Waals surface area contributed by atoms with Gasteiger partial charge in [0.15, 0.2) is 0 Å². The topological polar surface area (TPSA) is 38.3 Å². The molecule has 1 aromatic heterocycles. The zero-order valence-corrected chi connectivity index (χ0v) is 15.9. The van der Waals surface area contributed by atoms with Crippen LogP contribution in [0.4, 0.5) is 10.1 Å². The Morgan fingerprint density at radius 2 is 1.96 bits per heavy atom. The molecule has 0 aliphatic rings. The van der Waals surface area contributed by atoms with E-state index < -0.39 is 0 Å². The maximum Gasteiger partial charge on any atom is 0.265 e. The standard InChI is InChI=1S/C20H17ClFNO2S/c1-12-8-16(4-5-17(12)21)25-10-14-9-19(26-11-14)20(24)23-18-6-3-15(22)7-13(18)2/h3-9,11H,10H2,1-2H3,(H,23,24). The van der Waals surface area contributed by atoms with Crippen LogP contribution in [-0.4, -0.2) is 5.91 Å². The minimum Gasteiger partial charge on any atom is -0.489 e. The van der Waals surface area contributed by atoms with Gasteiger partial charge >= 0.3 is 0 Å². The highest BCUT2D eigenvalue weighted by molar-refractivity contribution is 7.12. The molecule has 3 rings (SSSR count). The van der Waals surface area contributed by atoms with Gasteiger partial charge in [-0.3, -0.25) is 4.79 Å². The predicted octanol–water partition coefficient (Wildman–Crippen LogP) is 5.99. The molecule has 0 aliphatic carbocycles. The molecule has 0 fully saturated rings. The summed E-state index contributed by atoms with van der Waals surface area (Å²) in [6.07, 6.45) is 0. The fourth-order valence-electron chi connectivity index (χ4n) is 2.40. The van der Waals surface area contributed by atoms with Gasteiger partial charge in [0.05, 0.1) is 4.88 Å². The molecule has 0 saturated heterocycles. The first kappa shape index (κ1) is 18.4. The lowest BCUT2D eigenvalue weighted by atomic mass is 10.2. The van der Waals surface area contributed by atoms with E-state index in [1.165, 1.54) is 23.5 Å². The van der Waals surface area contributed by atoms with E-state index >= 15 is 0 Å². The lowest BCUT2D eigenvalue weighted by Crippen LogP contribution is -2.11. The summed E-state index contributed by atoms with van der Waals surface area (Å²) in [4.78, 5) is 12.9. The van der Waals surface area contributed by atoms with E-state index in [1.54, 1.807) is 25.1 Å². The molecule has 0 unspecified atom stereocenters. The van der Waals surface area contributed by atoms with Gasteiger partial charge in [0, 0.05) is 16.3 Å². The molecular weight excluding hydrogens is 373 g/mol. The number of nitrogens with one attached hydrogen (secondary N) is 1. The molecule has 1 heterocycles. The maximum absolute atomic E-state index is 13.2. The Morgan fingerprint density at radius 3 is 2.69 bits per heavy atom. The van der Waals surface area contributed by atoms with Gasteiger partial charge in [-0.05, 0) is 72.8 Å². The van der Waals surface area contributed by atoms with Crippen LogP contribution in [0.5, 0.6) is 5.75 Å². The van der Waals surface area contributed by atoms with Crippen molar-refractivity contribution in [2.75, 3.05) is 5.32 Å². The third-order valence-electron chi connectivity index (χ3n) is 3.85. The zero-order valence-electron chi connectivity index (χ0n) is 14.3. The van der Waals surface area contributed by atoms with Crippen LogP contribution in [0.25, 0.3) is 0 Å². The number of benzene rings is 2. The van der Waals surface area contributed by atoms with Gasteiger partial charge in [-0.2, -0.15) is 0 Å². The van der Waals surface area contributed by atoms with Crippen molar-refractivity contribution in [3.05, 3.63) is 80.3 Å². The van der Waals surface area contributed by atoms with Crippen LogP contribution >= 0.6 is 22.9 Å². The first-order chi connectivity index (χ1) is 12.4. The number of ether oxygens (including phenoxy) is 1. The number of amides is 1. The second kappa shape index (κ2) is 7.89. The summed E-state index contributed by atoms with van der Waals surface area (Å²) in [6, 6.07) is 11.5. The molecule has 3 nitrogen and oxygen atoms in total. The Bertz CT molecular complexity index is 955. The molecule has 0 radical (unpaired) electrons. The smallest absolute Gasteiger partial charge is 0.265 e. The minimum absolute atomic E-state index is 0.224. The number of thiophene rings is 1. The van der Waals surface area contributed by atoms with Crippen molar-refractivity contribution < 1.29 is 13.9 Å². The molecule has 0 atom stereocenters. The van der Waals surface area contributed by atoms with Crippen molar-refractivity contribution in [1.82, 2.24) is 0 Å². The van der Waals surface area contributed by atoms with Gasteiger partial charge < -0.3 is 10.1 Å². The molecule has 6 heteroatoms. The number of rotatable bonds is 5. The zero-order chi connectivity index (χ0) is 18.7. The molecule has 0 spiro atoms. The average Bonchev–Trinajstić information content (AvgIpc) is 3.07. The summed E-state index contributed by atoms with van der Waals surface area (Å²) >= 11 is 7.34. The SMILES string of the molecule is Cc1cc(OCc2csc(C(=O)Nc3ccc(F)cc3C)c2)ccc1Cl. The van der Waals surface area contributed by atoms with Crippen LogP contribution in [0.15, 0.2) is 47.8 Å². The predicted molar refractivity (Wildman–Crippen MR) is 104 cm³/mol. The van der Waals surface area contributed by atoms with E-state index in [-0.39, 0.29) is 11.7 Å². The highest BCUT2D eigenvalue weighted by atomic mass is 35.5. The van der Waals surface area contributed by atoms with Crippen molar-refractivity contribution in [2.24, 2.45) is 0 Å². The minimum atomic E-state index is -0.325. The number of anilines is 1. The lowest BCUT2D eigenvalue weighted by Gasteiger charge is -2.07. The second-order valence-electron chi connectivity index (χ2n) is 5.93. The molecule has 1 amide bonds. The van der Waals surface area contributed by atoms with Crippen LogP contribution in [0.2, 0.25) is 5.02 Å². The Kier molecular flexibility index (Phi) is 5.59. The highest BCUT2D eigenvalue weighted by Gasteiger charge is 2.11. The van der Waals surface area contributed by atoms with Gasteiger partial charge in [0.1, 0.15) is 18.2 Å². The third kappa shape index (κ3) is 4.42. The van der Waals surface area contributed by atoms with Gasteiger partial charge in [-0.15, -0.1) is 11.3 Å². The quantitative estimate of drug-likeness (QED) is 0.582. The summed E-state index contributed by atoms with van der Waals surface area (Å²) in [5, 5.41) is 5.39. The van der Waals surface area contributed by atoms with E-state index in [2.05, 4.69) is 5.32 Å². The monoisotopic (exact) mass is 389 g/mol. The summed E-state index contributed by atoms with van der Waals surface area (Å²) < 4.78 is 18.9. The van der Waals surface area contributed by atoms with Crippen LogP contribution in [0.1, 0.15) is 26.4 Å². The molecule has 2 aromatic carbocycles. The Balaban J connectivity index is 1.63. The Labute approximate surface area is 160 Å². The first-order valence-electron chi connectivity index (χ1n) is 7.96. The van der Waals surface area contributed by atoms with Crippen LogP contribution in [0, 0.1) is 19.7 Å². The Hall–Kier alpha value is -2.37. The molecule has 0 saturated carbocycles. The molecule has 0 aliphatic heterocycles. The second-order valence-corrected chi connectivity index (χ2v) is 7.25. The molecule has 1 N–H and O–H groups in total. The van der Waals surface area contributed by atoms with Crippen molar-refractivity contribution in [3.63, 3.8) is 0 Å². The van der Waals surface area contributed by atoms with E-state index in [0.29, 0.717) is 27.8 Å². The van der Waals surface area contributed by atoms with E-state index in [9.17, 15) is 9.18 Å². The summed E-state index contributed by atoms with van der Waals surface area (Å²) in [5.41, 5.74) is 3.13. The number of hydrogen-bond acceptors (Lipinski definition) is 3. The lowest BCUT2D eigenvalue weighted by molar-refractivity contribution is 0.103. The summed E-state index contributed by atoms with van der Waals surface area (Å²) in [5.74, 6) is 0.179. The number of hydrogen-bond donors (Lipinski definition) is 1. The third-order valence-corrected chi connectivity index (χ3v) is 5.25. The normalized spacial score (nSPS) is 10.6. The maximum atomic E-state index is 13.2. The summed E-state index contributed by atoms with van der Waals surface area (Å²) in [6.45, 7) is 4.03. The number of aryl methyl sites for hydroxylation is 2. The summed E-state index contributed by atoms with van der Waals surface area (Å²) in [7, 11) is 0. The Morgan fingerprint density at radius 1 is 1.15 bits per heavy atom. The molecular formula is C20H17ClFNO2S. The van der Waals surface area contributed by atoms with Crippen molar-refractivity contribution in [2.45, 2.75) is 20.5 Å². The molecule has 26 heavy (non-hydrogen) atoms. The highest BCUT2D eigenvalue weighted by Crippen LogP contribution is 2.24. The van der Waals surface area contributed by atoms with Crippen molar-refractivity contribution in [1.29, 1.82) is 0 Å². The number of halogens is 2. The fourth-order valence-corrected chi connectivity index (χ4v) is 3.30. The fraction of sp³-hybridized carbons (Fsp3) is 0.150. The van der Waals surface area contributed by atoms with E-state index in [4.69, 9.17) is 16.3 Å². The van der Waals surface area contributed by atoms with Gasteiger partial charge in [-0.25, -0.2) is 4.39 Å². The molecule has 0 bridgehead atoms. The van der Waals surface area contributed by atoms with Gasteiger partial charge in [0.2, 0.25) is 0 Å². The first-order valence-corrected chi connectivity index (χ1v) is 9.22. The largest absolute Gasteiger partial charge is 0.489 e. The number of carbonyl (C=O) groups is 1. The average molecular weight is 390 g/mol. The van der Waals surface area contributed by atoms with Crippen LogP contribution < -0.4 is 10.1 Å². The van der Waals surface area contributed by atoms with Crippen LogP contribution in [0.3, 0.4) is 0 Å². The van der Waals surface area contributed by atoms with E-state index in [0.717, 1.165) is 16.9 Å². The van der Waals surface area contributed by atoms with Crippen molar-refractivity contribution >= 4 is 34.5 Å².